The van der Waals surface area contributed by atoms with Gasteiger partial charge in [0.05, 0.1) is 27.4 Å². The lowest BCUT2D eigenvalue weighted by molar-refractivity contribution is -0.118. The van der Waals surface area contributed by atoms with Gasteiger partial charge in [0.2, 0.25) is 21.6 Å². The van der Waals surface area contributed by atoms with E-state index in [0.29, 0.717) is 31.0 Å². The van der Waals surface area contributed by atoms with E-state index in [2.05, 4.69) is 35.6 Å². The molecule has 1 aliphatic heterocycles. The highest BCUT2D eigenvalue weighted by atomic mass is 32.2. The smallest absolute Gasteiger partial charge is 0.216 e. The third-order valence-corrected chi connectivity index (χ3v) is 8.19. The second-order valence-electron chi connectivity index (χ2n) is 10.5. The van der Waals surface area contributed by atoms with Crippen molar-refractivity contribution in [2.24, 2.45) is 5.92 Å². The van der Waals surface area contributed by atoms with E-state index in [4.69, 9.17) is 14.5 Å². The van der Waals surface area contributed by atoms with E-state index in [-0.39, 0.29) is 27.0 Å². The van der Waals surface area contributed by atoms with Crippen molar-refractivity contribution in [3.05, 3.63) is 42.4 Å². The maximum Gasteiger partial charge on any atom is 0.216 e. The zero-order valence-electron chi connectivity index (χ0n) is 22.0. The SMILES string of the molecule is CC(=O)NCCCOc1cc(S(=O)(=O)c2ccc3c(c2)nc(C(C)(C)C)n3CC2CCOCC2)ccn1. The third kappa shape index (κ3) is 6.48. The van der Waals surface area contributed by atoms with Crippen molar-refractivity contribution in [2.45, 2.75) is 68.7 Å². The van der Waals surface area contributed by atoms with Crippen molar-refractivity contribution in [1.29, 1.82) is 0 Å². The van der Waals surface area contributed by atoms with Crippen LogP contribution in [0.5, 0.6) is 5.88 Å². The first-order chi connectivity index (χ1) is 17.6. The van der Waals surface area contributed by atoms with Gasteiger partial charge in [-0.25, -0.2) is 18.4 Å². The van der Waals surface area contributed by atoms with Crippen LogP contribution >= 0.6 is 0 Å². The molecule has 1 saturated heterocycles. The van der Waals surface area contributed by atoms with Crippen molar-refractivity contribution in [2.75, 3.05) is 26.4 Å². The number of benzene rings is 1. The second kappa shape index (κ2) is 11.2. The van der Waals surface area contributed by atoms with Gasteiger partial charge < -0.3 is 19.4 Å². The molecule has 200 valence electrons. The molecular formula is C27H36N4O5S. The maximum atomic E-state index is 13.5. The average molecular weight is 529 g/mol. The molecule has 0 aliphatic carbocycles. The number of sulfone groups is 1. The van der Waals surface area contributed by atoms with Gasteiger partial charge in [-0.2, -0.15) is 0 Å². The number of fused-ring (bicyclic) bond motifs is 1. The Morgan fingerprint density at radius 2 is 1.89 bits per heavy atom. The Hall–Kier alpha value is -2.98. The largest absolute Gasteiger partial charge is 0.478 e. The molecule has 0 spiro atoms. The lowest BCUT2D eigenvalue weighted by Gasteiger charge is -2.26. The fourth-order valence-electron chi connectivity index (χ4n) is 4.51. The van der Waals surface area contributed by atoms with Gasteiger partial charge in [0.25, 0.3) is 0 Å². The van der Waals surface area contributed by atoms with Crippen molar-refractivity contribution < 1.29 is 22.7 Å². The van der Waals surface area contributed by atoms with Gasteiger partial charge in [-0.05, 0) is 49.4 Å². The molecule has 37 heavy (non-hydrogen) atoms. The van der Waals surface area contributed by atoms with E-state index in [1.165, 1.54) is 25.3 Å². The van der Waals surface area contributed by atoms with E-state index in [1.807, 2.05) is 6.07 Å². The van der Waals surface area contributed by atoms with E-state index in [0.717, 1.165) is 43.9 Å². The van der Waals surface area contributed by atoms with Crippen molar-refractivity contribution in [3.8, 4) is 5.88 Å². The van der Waals surface area contributed by atoms with Crippen LogP contribution in [0.4, 0.5) is 0 Å². The first-order valence-electron chi connectivity index (χ1n) is 12.7. The minimum atomic E-state index is -3.81. The Labute approximate surface area is 218 Å². The fourth-order valence-corrected chi connectivity index (χ4v) is 5.79. The van der Waals surface area contributed by atoms with Crippen molar-refractivity contribution >= 4 is 26.8 Å². The summed E-state index contributed by atoms with van der Waals surface area (Å²) in [5.41, 5.74) is 1.41. The topological polar surface area (TPSA) is 112 Å². The predicted molar refractivity (Wildman–Crippen MR) is 140 cm³/mol. The van der Waals surface area contributed by atoms with E-state index < -0.39 is 9.84 Å². The Kier molecular flexibility index (Phi) is 8.18. The molecule has 4 rings (SSSR count). The molecule has 0 bridgehead atoms. The highest BCUT2D eigenvalue weighted by Crippen LogP contribution is 2.32. The molecule has 0 unspecified atom stereocenters. The summed E-state index contributed by atoms with van der Waals surface area (Å²) in [5, 5.41) is 2.69. The number of nitrogens with one attached hydrogen (secondary N) is 1. The molecule has 1 aromatic carbocycles. The van der Waals surface area contributed by atoms with Crippen LogP contribution < -0.4 is 10.1 Å². The number of nitrogens with zero attached hydrogens (tertiary/aromatic N) is 3. The summed E-state index contributed by atoms with van der Waals surface area (Å²) in [6, 6.07) is 8.08. The first-order valence-corrected chi connectivity index (χ1v) is 14.2. The van der Waals surface area contributed by atoms with Crippen LogP contribution in [0, 0.1) is 5.92 Å². The van der Waals surface area contributed by atoms with Crippen LogP contribution in [-0.4, -0.2) is 55.2 Å². The maximum absolute atomic E-state index is 13.5. The molecule has 10 heteroatoms. The minimum absolute atomic E-state index is 0.105. The lowest BCUT2D eigenvalue weighted by Crippen LogP contribution is -2.25. The van der Waals surface area contributed by atoms with Crippen LogP contribution in [0.2, 0.25) is 0 Å². The van der Waals surface area contributed by atoms with Gasteiger partial charge in [0.1, 0.15) is 5.82 Å². The number of aromatic nitrogens is 3. The van der Waals surface area contributed by atoms with Crippen LogP contribution in [-0.2, 0) is 31.3 Å². The highest BCUT2D eigenvalue weighted by molar-refractivity contribution is 7.91. The highest BCUT2D eigenvalue weighted by Gasteiger charge is 2.27. The Balaban J connectivity index is 1.59. The Morgan fingerprint density at radius 3 is 2.59 bits per heavy atom. The number of pyridine rings is 1. The summed E-state index contributed by atoms with van der Waals surface area (Å²) in [6.45, 7) is 11.0. The summed E-state index contributed by atoms with van der Waals surface area (Å²) in [7, 11) is -3.81. The van der Waals surface area contributed by atoms with Gasteiger partial charge in [-0.15, -0.1) is 0 Å². The van der Waals surface area contributed by atoms with Gasteiger partial charge in [0.15, 0.2) is 0 Å². The molecule has 1 N–H and O–H groups in total. The number of hydrogen-bond acceptors (Lipinski definition) is 7. The zero-order chi connectivity index (χ0) is 26.6. The molecule has 0 saturated carbocycles. The second-order valence-corrected chi connectivity index (χ2v) is 12.5. The van der Waals surface area contributed by atoms with E-state index in [1.54, 1.807) is 12.1 Å². The summed E-state index contributed by atoms with van der Waals surface area (Å²) in [6.07, 6.45) is 4.03. The molecule has 1 fully saturated rings. The number of carbonyl (C=O) groups excluding carboxylic acids is 1. The van der Waals surface area contributed by atoms with Crippen LogP contribution in [0.15, 0.2) is 46.3 Å². The van der Waals surface area contributed by atoms with E-state index >= 15 is 0 Å². The standard InChI is InChI=1S/C27H36N4O5S/c1-19(32)28-11-5-13-36-25-17-22(8-12-29-25)37(33,34)21-6-7-24-23(16-21)30-26(27(2,3)4)31(24)18-20-9-14-35-15-10-20/h6-8,12,16-17,20H,5,9-11,13-15,18H2,1-4H3,(H,28,32). The average Bonchev–Trinajstić information content (AvgIpc) is 3.23. The fraction of sp³-hybridized carbons (Fsp3) is 0.519. The van der Waals surface area contributed by atoms with E-state index in [9.17, 15) is 13.2 Å². The van der Waals surface area contributed by atoms with Gasteiger partial charge >= 0.3 is 0 Å². The summed E-state index contributed by atoms with van der Waals surface area (Å²) in [4.78, 5) is 20.3. The number of carbonyl (C=O) groups is 1. The third-order valence-electron chi connectivity index (χ3n) is 6.44. The minimum Gasteiger partial charge on any atom is -0.478 e. The molecule has 3 aromatic rings. The summed E-state index contributed by atoms with van der Waals surface area (Å²) >= 11 is 0. The van der Waals surface area contributed by atoms with Gasteiger partial charge in [0, 0.05) is 50.9 Å². The predicted octanol–water partition coefficient (Wildman–Crippen LogP) is 3.89. The Bertz CT molecular complexity index is 1350. The monoisotopic (exact) mass is 528 g/mol. The quantitative estimate of drug-likeness (QED) is 0.419. The lowest BCUT2D eigenvalue weighted by atomic mass is 9.94. The normalized spacial score (nSPS) is 15.1. The molecular weight excluding hydrogens is 492 g/mol. The molecule has 1 amide bonds. The molecule has 1 aliphatic rings. The summed E-state index contributed by atoms with van der Waals surface area (Å²) < 4.78 is 40.4. The van der Waals surface area contributed by atoms with Crippen LogP contribution in [0.3, 0.4) is 0 Å². The molecule has 3 heterocycles. The van der Waals surface area contributed by atoms with Crippen LogP contribution in [0.25, 0.3) is 11.0 Å². The van der Waals surface area contributed by atoms with Crippen molar-refractivity contribution in [3.63, 3.8) is 0 Å². The molecule has 0 atom stereocenters. The van der Waals surface area contributed by atoms with Crippen molar-refractivity contribution in [1.82, 2.24) is 19.9 Å². The van der Waals surface area contributed by atoms with Crippen LogP contribution in [0.1, 0.15) is 52.8 Å². The number of hydrogen-bond donors (Lipinski definition) is 1. The number of ether oxygens (including phenoxy) is 2. The number of imidazole rings is 1. The summed E-state index contributed by atoms with van der Waals surface area (Å²) in [5.74, 6) is 1.57. The van der Waals surface area contributed by atoms with Gasteiger partial charge in [-0.1, -0.05) is 20.8 Å². The Morgan fingerprint density at radius 1 is 1.16 bits per heavy atom. The molecule has 2 aromatic heterocycles. The van der Waals surface area contributed by atoms with Gasteiger partial charge in [-0.3, -0.25) is 4.79 Å². The number of rotatable bonds is 9. The number of amides is 1. The molecule has 0 radical (unpaired) electrons. The molecule has 9 nitrogen and oxygen atoms in total. The first kappa shape index (κ1) is 27.1. The zero-order valence-corrected chi connectivity index (χ0v) is 22.8.